The standard InChI is InChI=1S/C55H69FO14/c1-9-11-12-14-38-16-18-40(19-17-38)41-20-22-42(23-21-41)43-24-25-45(47(56)30-43)46-29-44(15-13-26-66-49(57)36(3)4)48(31-39(46)10-2)68-33-55(34-69-53(61)51(59)63-7,35-70-54(62)52(60)64-8)32-65-27-28-67-50(58)37(5)6/h20-25,29-31,38,40H,3,5,9-19,26-28,32-35H2,1-2,4,6-8H3. The van der Waals surface area contributed by atoms with Crippen molar-refractivity contribution in [1.82, 2.24) is 0 Å². The van der Waals surface area contributed by atoms with Crippen molar-refractivity contribution in [3.8, 4) is 28.0 Å². The van der Waals surface area contributed by atoms with Gasteiger partial charge in [-0.15, -0.1) is 0 Å². The third-order valence-electron chi connectivity index (χ3n) is 12.4. The maximum atomic E-state index is 16.5. The lowest BCUT2D eigenvalue weighted by Gasteiger charge is -2.32. The van der Waals surface area contributed by atoms with E-state index in [2.05, 4.69) is 53.8 Å². The number of rotatable bonds is 26. The minimum absolute atomic E-state index is 0.0266. The second-order valence-electron chi connectivity index (χ2n) is 17.9. The fourth-order valence-corrected chi connectivity index (χ4v) is 8.23. The molecule has 0 radical (unpaired) electrons. The fourth-order valence-electron chi connectivity index (χ4n) is 8.23. The van der Waals surface area contributed by atoms with Crippen LogP contribution in [0.4, 0.5) is 4.39 Å². The second-order valence-corrected chi connectivity index (χ2v) is 17.9. The van der Waals surface area contributed by atoms with E-state index in [1.54, 1.807) is 12.1 Å². The lowest BCUT2D eigenvalue weighted by molar-refractivity contribution is -0.176. The van der Waals surface area contributed by atoms with Crippen LogP contribution in [-0.2, 0) is 74.8 Å². The monoisotopic (exact) mass is 972 g/mol. The average molecular weight is 973 g/mol. The molecular formula is C55H69FO14. The van der Waals surface area contributed by atoms with E-state index in [1.165, 1.54) is 76.8 Å². The highest BCUT2D eigenvalue weighted by atomic mass is 19.1. The highest BCUT2D eigenvalue weighted by Crippen LogP contribution is 2.40. The third kappa shape index (κ3) is 17.0. The number of hydrogen-bond donors (Lipinski definition) is 0. The first-order chi connectivity index (χ1) is 33.5. The van der Waals surface area contributed by atoms with Gasteiger partial charge >= 0.3 is 35.8 Å². The Balaban J connectivity index is 1.67. The van der Waals surface area contributed by atoms with Crippen LogP contribution in [0.3, 0.4) is 0 Å². The molecule has 0 saturated heterocycles. The van der Waals surface area contributed by atoms with Gasteiger partial charge < -0.3 is 37.9 Å². The van der Waals surface area contributed by atoms with Crippen LogP contribution in [0.1, 0.15) is 108 Å². The summed E-state index contributed by atoms with van der Waals surface area (Å²) in [7, 11) is 1.98. The normalized spacial score (nSPS) is 14.4. The van der Waals surface area contributed by atoms with E-state index in [-0.39, 0.29) is 37.4 Å². The van der Waals surface area contributed by atoms with Gasteiger partial charge in [-0.3, -0.25) is 0 Å². The number of carbonyl (C=O) groups is 6. The minimum atomic E-state index is -1.63. The number of aryl methyl sites for hydroxylation is 2. The summed E-state index contributed by atoms with van der Waals surface area (Å²) in [5, 5.41) is 0. The van der Waals surface area contributed by atoms with Gasteiger partial charge in [0.15, 0.2) is 0 Å². The third-order valence-corrected chi connectivity index (χ3v) is 12.4. The van der Waals surface area contributed by atoms with Crippen molar-refractivity contribution in [2.75, 3.05) is 60.5 Å². The summed E-state index contributed by atoms with van der Waals surface area (Å²) in [5.74, 6) is -5.37. The first-order valence-electron chi connectivity index (χ1n) is 24.0. The number of benzene rings is 3. The van der Waals surface area contributed by atoms with Gasteiger partial charge in [0.1, 0.15) is 38.0 Å². The van der Waals surface area contributed by atoms with Crippen LogP contribution in [0.5, 0.6) is 5.75 Å². The Labute approximate surface area is 411 Å². The quantitative estimate of drug-likeness (QED) is 0.0244. The molecule has 0 N–H and O–H groups in total. The van der Waals surface area contributed by atoms with E-state index in [0.717, 1.165) is 31.3 Å². The summed E-state index contributed by atoms with van der Waals surface area (Å²) in [5.41, 5.74) is 3.97. The molecule has 0 heterocycles. The number of methoxy groups -OCH3 is 2. The smallest absolute Gasteiger partial charge is 0.417 e. The zero-order valence-corrected chi connectivity index (χ0v) is 41.6. The zero-order valence-electron chi connectivity index (χ0n) is 41.6. The fraction of sp³-hybridized carbons (Fsp3) is 0.491. The van der Waals surface area contributed by atoms with Gasteiger partial charge in [-0.25, -0.2) is 33.2 Å². The highest BCUT2D eigenvalue weighted by Gasteiger charge is 2.38. The van der Waals surface area contributed by atoms with Crippen molar-refractivity contribution in [1.29, 1.82) is 0 Å². The molecule has 0 spiro atoms. The topological polar surface area (TPSA) is 176 Å². The summed E-state index contributed by atoms with van der Waals surface area (Å²) in [6.07, 6.45) is 11.1. The molecule has 70 heavy (non-hydrogen) atoms. The first-order valence-corrected chi connectivity index (χ1v) is 24.0. The SMILES string of the molecule is C=C(C)C(=O)OCCCc1cc(-c2ccc(-c3ccc(C4CCC(CCCCC)CC4)cc3)cc2F)c(CC)cc1OCC(COCCOC(=O)C(=C)C)(COC(=O)C(=O)OC)COC(=O)C(=O)OC. The van der Waals surface area contributed by atoms with Crippen LogP contribution in [0.2, 0.25) is 0 Å². The van der Waals surface area contributed by atoms with E-state index in [9.17, 15) is 28.8 Å². The molecule has 1 aliphatic rings. The molecule has 0 bridgehead atoms. The van der Waals surface area contributed by atoms with Gasteiger partial charge in [0.2, 0.25) is 0 Å². The van der Waals surface area contributed by atoms with Crippen LogP contribution >= 0.6 is 0 Å². The summed E-state index contributed by atoms with van der Waals surface area (Å²) in [4.78, 5) is 73.6. The Bertz CT molecular complexity index is 2260. The van der Waals surface area contributed by atoms with E-state index in [4.69, 9.17) is 28.4 Å². The van der Waals surface area contributed by atoms with Crippen LogP contribution in [0.15, 0.2) is 78.9 Å². The largest absolute Gasteiger partial charge is 0.492 e. The molecule has 1 fully saturated rings. The van der Waals surface area contributed by atoms with Crippen molar-refractivity contribution in [2.24, 2.45) is 11.3 Å². The van der Waals surface area contributed by atoms with Gasteiger partial charge in [-0.05, 0) is 122 Å². The number of carbonyl (C=O) groups excluding carboxylic acids is 6. The molecule has 3 aromatic carbocycles. The van der Waals surface area contributed by atoms with Crippen molar-refractivity contribution in [2.45, 2.75) is 104 Å². The summed E-state index contributed by atoms with van der Waals surface area (Å²) < 4.78 is 58.9. The molecule has 14 nitrogen and oxygen atoms in total. The Morgan fingerprint density at radius 2 is 1.21 bits per heavy atom. The molecule has 380 valence electrons. The zero-order chi connectivity index (χ0) is 51.2. The van der Waals surface area contributed by atoms with Gasteiger partial charge in [0, 0.05) is 16.7 Å². The lowest BCUT2D eigenvalue weighted by atomic mass is 9.77. The predicted octanol–water partition coefficient (Wildman–Crippen LogP) is 9.56. The molecule has 15 heteroatoms. The van der Waals surface area contributed by atoms with Crippen molar-refractivity contribution < 1.29 is 71.1 Å². The Kier molecular flexibility index (Phi) is 22.8. The molecule has 0 atom stereocenters. The van der Waals surface area contributed by atoms with E-state index in [1.807, 2.05) is 19.1 Å². The molecule has 4 rings (SSSR count). The van der Waals surface area contributed by atoms with Crippen LogP contribution < -0.4 is 4.74 Å². The molecule has 0 unspecified atom stereocenters. The Hall–Kier alpha value is -6.35. The van der Waals surface area contributed by atoms with Gasteiger partial charge in [0.05, 0.1) is 39.5 Å². The molecular weight excluding hydrogens is 904 g/mol. The molecule has 3 aromatic rings. The summed E-state index contributed by atoms with van der Waals surface area (Å²) >= 11 is 0. The number of hydrogen-bond acceptors (Lipinski definition) is 14. The van der Waals surface area contributed by atoms with Crippen molar-refractivity contribution in [3.63, 3.8) is 0 Å². The number of esters is 6. The first kappa shape index (κ1) is 56.2. The number of halogens is 1. The predicted molar refractivity (Wildman–Crippen MR) is 260 cm³/mol. The van der Waals surface area contributed by atoms with E-state index < -0.39 is 73.5 Å². The molecule has 0 aromatic heterocycles. The molecule has 1 aliphatic carbocycles. The van der Waals surface area contributed by atoms with Crippen molar-refractivity contribution in [3.05, 3.63) is 101 Å². The molecule has 0 amide bonds. The lowest BCUT2D eigenvalue weighted by Crippen LogP contribution is -2.45. The Morgan fingerprint density at radius 3 is 1.77 bits per heavy atom. The summed E-state index contributed by atoms with van der Waals surface area (Å²) in [6, 6.07) is 17.2. The van der Waals surface area contributed by atoms with Crippen molar-refractivity contribution >= 4 is 35.8 Å². The minimum Gasteiger partial charge on any atom is -0.492 e. The maximum Gasteiger partial charge on any atom is 0.417 e. The maximum absolute atomic E-state index is 16.5. The van der Waals surface area contributed by atoms with E-state index >= 15 is 4.39 Å². The summed E-state index contributed by atoms with van der Waals surface area (Å²) in [6.45, 7) is 11.8. The number of ether oxygens (including phenoxy) is 8. The molecule has 0 aliphatic heterocycles. The van der Waals surface area contributed by atoms with Gasteiger partial charge in [-0.1, -0.05) is 89.1 Å². The Morgan fingerprint density at radius 1 is 0.614 bits per heavy atom. The number of unbranched alkanes of at least 4 members (excludes halogenated alkanes) is 2. The average Bonchev–Trinajstić information content (AvgIpc) is 3.37. The molecule has 1 saturated carbocycles. The second kappa shape index (κ2) is 28.3. The van der Waals surface area contributed by atoms with Crippen LogP contribution in [-0.4, -0.2) is 96.3 Å². The van der Waals surface area contributed by atoms with Gasteiger partial charge in [-0.2, -0.15) is 0 Å². The van der Waals surface area contributed by atoms with Crippen LogP contribution in [0, 0.1) is 17.2 Å². The van der Waals surface area contributed by atoms with Gasteiger partial charge in [0.25, 0.3) is 0 Å². The highest BCUT2D eigenvalue weighted by molar-refractivity contribution is 6.30. The van der Waals surface area contributed by atoms with Crippen LogP contribution in [0.25, 0.3) is 22.3 Å². The van der Waals surface area contributed by atoms with E-state index in [0.29, 0.717) is 46.8 Å².